The van der Waals surface area contributed by atoms with Crippen LogP contribution in [0.25, 0.3) is 0 Å². The van der Waals surface area contributed by atoms with Crippen molar-refractivity contribution >= 4 is 5.91 Å². The molecule has 0 bridgehead atoms. The van der Waals surface area contributed by atoms with E-state index in [9.17, 15) is 9.18 Å². The summed E-state index contributed by atoms with van der Waals surface area (Å²) in [7, 11) is 0. The molecule has 0 aromatic heterocycles. The number of hydrogen-bond donors (Lipinski definition) is 1. The average molecular weight is 315 g/mol. The number of halogens is 1. The Kier molecular flexibility index (Phi) is 5.74. The summed E-state index contributed by atoms with van der Waals surface area (Å²) >= 11 is 0. The summed E-state index contributed by atoms with van der Waals surface area (Å²) in [6.45, 7) is 6.94. The molecule has 0 saturated heterocycles. The summed E-state index contributed by atoms with van der Waals surface area (Å²) in [5, 5.41) is 2.81. The van der Waals surface area contributed by atoms with E-state index < -0.39 is 0 Å². The highest BCUT2D eigenvalue weighted by molar-refractivity contribution is 5.78. The Hall–Kier alpha value is -2.36. The van der Waals surface area contributed by atoms with Crippen LogP contribution >= 0.6 is 0 Å². The fourth-order valence-corrected chi connectivity index (χ4v) is 2.34. The summed E-state index contributed by atoms with van der Waals surface area (Å²) in [4.78, 5) is 11.8. The van der Waals surface area contributed by atoms with Gasteiger partial charge in [-0.2, -0.15) is 0 Å². The van der Waals surface area contributed by atoms with Gasteiger partial charge in [-0.15, -0.1) is 0 Å². The number of amides is 1. The van der Waals surface area contributed by atoms with E-state index in [0.717, 1.165) is 22.4 Å². The number of ether oxygens (including phenoxy) is 1. The fourth-order valence-electron chi connectivity index (χ4n) is 2.34. The minimum atomic E-state index is -0.300. The van der Waals surface area contributed by atoms with E-state index in [0.29, 0.717) is 13.2 Å². The molecule has 2 aromatic carbocycles. The van der Waals surface area contributed by atoms with Gasteiger partial charge in [-0.25, -0.2) is 4.39 Å². The summed E-state index contributed by atoms with van der Waals surface area (Å²) in [5.74, 6) is 0.488. The molecule has 0 spiro atoms. The Bertz CT molecular complexity index is 681. The van der Waals surface area contributed by atoms with E-state index in [1.807, 2.05) is 26.8 Å². The van der Waals surface area contributed by atoms with Gasteiger partial charge in [0, 0.05) is 0 Å². The molecule has 122 valence electrons. The van der Waals surface area contributed by atoms with Gasteiger partial charge in [-0.1, -0.05) is 24.3 Å². The van der Waals surface area contributed by atoms with Crippen molar-refractivity contribution in [2.45, 2.75) is 27.2 Å². The Morgan fingerprint density at radius 3 is 2.39 bits per heavy atom. The van der Waals surface area contributed by atoms with E-state index in [4.69, 9.17) is 4.74 Å². The molecule has 2 rings (SSSR count). The molecule has 23 heavy (non-hydrogen) atoms. The van der Waals surface area contributed by atoms with Gasteiger partial charge in [0.2, 0.25) is 5.91 Å². The first-order chi connectivity index (χ1) is 11.0. The summed E-state index contributed by atoms with van der Waals surface area (Å²) in [5.41, 5.74) is 4.19. The van der Waals surface area contributed by atoms with Gasteiger partial charge < -0.3 is 10.1 Å². The lowest BCUT2D eigenvalue weighted by Crippen LogP contribution is -2.29. The van der Waals surface area contributed by atoms with Gasteiger partial charge in [0.05, 0.1) is 13.0 Å². The zero-order valence-electron chi connectivity index (χ0n) is 13.8. The van der Waals surface area contributed by atoms with Crippen molar-refractivity contribution in [3.63, 3.8) is 0 Å². The third kappa shape index (κ3) is 4.81. The summed E-state index contributed by atoms with van der Waals surface area (Å²) in [6, 6.07) is 10.0. The molecule has 0 radical (unpaired) electrons. The van der Waals surface area contributed by atoms with Gasteiger partial charge >= 0.3 is 0 Å². The molecule has 0 atom stereocenters. The van der Waals surface area contributed by atoms with Crippen LogP contribution in [0.15, 0.2) is 36.4 Å². The molecule has 1 amide bonds. The number of nitrogens with one attached hydrogen (secondary N) is 1. The first-order valence-electron chi connectivity index (χ1n) is 7.68. The summed E-state index contributed by atoms with van der Waals surface area (Å²) in [6.07, 6.45) is 0.239. The Balaban J connectivity index is 1.78. The van der Waals surface area contributed by atoms with E-state index in [1.165, 1.54) is 17.7 Å². The third-order valence-corrected chi connectivity index (χ3v) is 3.82. The van der Waals surface area contributed by atoms with Gasteiger partial charge in [0.15, 0.2) is 0 Å². The number of hydrogen-bond acceptors (Lipinski definition) is 2. The van der Waals surface area contributed by atoms with Crippen LogP contribution < -0.4 is 10.1 Å². The number of rotatable bonds is 6. The lowest BCUT2D eigenvalue weighted by atomic mass is 10.1. The second-order valence-corrected chi connectivity index (χ2v) is 5.66. The van der Waals surface area contributed by atoms with E-state index in [-0.39, 0.29) is 18.1 Å². The highest BCUT2D eigenvalue weighted by Gasteiger charge is 2.07. The Morgan fingerprint density at radius 1 is 1.04 bits per heavy atom. The van der Waals surface area contributed by atoms with Crippen LogP contribution in [0.1, 0.15) is 22.3 Å². The molecule has 4 heteroatoms. The molecular formula is C19H22FNO2. The van der Waals surface area contributed by atoms with E-state index in [2.05, 4.69) is 11.4 Å². The van der Waals surface area contributed by atoms with Crippen LogP contribution in [0, 0.1) is 26.6 Å². The molecule has 0 fully saturated rings. The van der Waals surface area contributed by atoms with Crippen LogP contribution in [0.4, 0.5) is 4.39 Å². The quantitative estimate of drug-likeness (QED) is 0.829. The fraction of sp³-hybridized carbons (Fsp3) is 0.316. The highest BCUT2D eigenvalue weighted by atomic mass is 19.1. The van der Waals surface area contributed by atoms with Crippen LogP contribution in [-0.2, 0) is 11.2 Å². The lowest BCUT2D eigenvalue weighted by molar-refractivity contribution is -0.120. The number of benzene rings is 2. The van der Waals surface area contributed by atoms with Gasteiger partial charge in [0.1, 0.15) is 18.2 Å². The first-order valence-corrected chi connectivity index (χ1v) is 7.68. The minimum Gasteiger partial charge on any atom is -0.491 e. The van der Waals surface area contributed by atoms with Crippen molar-refractivity contribution in [2.75, 3.05) is 13.2 Å². The standard InChI is InChI=1S/C19H22FNO2/c1-13-4-5-14(2)19(15(13)3)23-11-10-21-18(22)12-16-6-8-17(20)9-7-16/h4-9H,10-12H2,1-3H3,(H,21,22). The number of carbonyl (C=O) groups is 1. The zero-order valence-corrected chi connectivity index (χ0v) is 13.8. The number of aryl methyl sites for hydroxylation is 2. The SMILES string of the molecule is Cc1ccc(C)c(OCCNC(=O)Cc2ccc(F)cc2)c1C. The average Bonchev–Trinajstić information content (AvgIpc) is 2.52. The highest BCUT2D eigenvalue weighted by Crippen LogP contribution is 2.25. The first kappa shape index (κ1) is 17.0. The largest absolute Gasteiger partial charge is 0.491 e. The molecule has 1 N–H and O–H groups in total. The van der Waals surface area contributed by atoms with Crippen molar-refractivity contribution in [3.05, 3.63) is 64.5 Å². The van der Waals surface area contributed by atoms with Crippen LogP contribution in [0.5, 0.6) is 5.75 Å². The van der Waals surface area contributed by atoms with Crippen molar-refractivity contribution in [3.8, 4) is 5.75 Å². The van der Waals surface area contributed by atoms with Crippen molar-refractivity contribution < 1.29 is 13.9 Å². The number of carbonyl (C=O) groups excluding carboxylic acids is 1. The van der Waals surface area contributed by atoms with E-state index >= 15 is 0 Å². The van der Waals surface area contributed by atoms with Crippen molar-refractivity contribution in [2.24, 2.45) is 0 Å². The van der Waals surface area contributed by atoms with Crippen molar-refractivity contribution in [1.82, 2.24) is 5.32 Å². The molecule has 0 aliphatic heterocycles. The monoisotopic (exact) mass is 315 g/mol. The maximum absolute atomic E-state index is 12.8. The van der Waals surface area contributed by atoms with Crippen molar-refractivity contribution in [1.29, 1.82) is 0 Å². The van der Waals surface area contributed by atoms with Gasteiger partial charge in [0.25, 0.3) is 0 Å². The molecule has 0 aliphatic carbocycles. The zero-order chi connectivity index (χ0) is 16.8. The summed E-state index contributed by atoms with van der Waals surface area (Å²) < 4.78 is 18.6. The molecule has 0 aliphatic rings. The maximum atomic E-state index is 12.8. The van der Waals surface area contributed by atoms with Gasteiger partial charge in [-0.3, -0.25) is 4.79 Å². The lowest BCUT2D eigenvalue weighted by Gasteiger charge is -2.14. The Labute approximate surface area is 136 Å². The second kappa shape index (κ2) is 7.77. The van der Waals surface area contributed by atoms with Crippen LogP contribution in [0.2, 0.25) is 0 Å². The molecular weight excluding hydrogens is 293 g/mol. The van der Waals surface area contributed by atoms with E-state index in [1.54, 1.807) is 12.1 Å². The third-order valence-electron chi connectivity index (χ3n) is 3.82. The Morgan fingerprint density at radius 2 is 1.70 bits per heavy atom. The minimum absolute atomic E-state index is 0.0992. The van der Waals surface area contributed by atoms with Gasteiger partial charge in [-0.05, 0) is 55.2 Å². The second-order valence-electron chi connectivity index (χ2n) is 5.66. The predicted molar refractivity (Wildman–Crippen MR) is 89.3 cm³/mol. The van der Waals surface area contributed by atoms with Crippen LogP contribution in [0.3, 0.4) is 0 Å². The molecule has 0 unspecified atom stereocenters. The molecule has 0 heterocycles. The topological polar surface area (TPSA) is 38.3 Å². The maximum Gasteiger partial charge on any atom is 0.224 e. The smallest absolute Gasteiger partial charge is 0.224 e. The predicted octanol–water partition coefficient (Wildman–Crippen LogP) is 3.49. The molecule has 2 aromatic rings. The van der Waals surface area contributed by atoms with Crippen LogP contribution in [-0.4, -0.2) is 19.1 Å². The molecule has 3 nitrogen and oxygen atoms in total. The normalized spacial score (nSPS) is 10.4. The molecule has 0 saturated carbocycles.